The summed E-state index contributed by atoms with van der Waals surface area (Å²) in [4.78, 5) is 12.0. The number of thioether (sulfide) groups is 1. The van der Waals surface area contributed by atoms with Gasteiger partial charge in [-0.2, -0.15) is 11.8 Å². The third-order valence-corrected chi connectivity index (χ3v) is 4.85. The van der Waals surface area contributed by atoms with Crippen molar-refractivity contribution in [3.05, 3.63) is 35.6 Å². The van der Waals surface area contributed by atoms with Gasteiger partial charge in [0.05, 0.1) is 0 Å². The van der Waals surface area contributed by atoms with Crippen LogP contribution in [0.1, 0.15) is 38.2 Å². The number of carbonyl (C=O) groups is 1. The van der Waals surface area contributed by atoms with Gasteiger partial charge >= 0.3 is 0 Å². The van der Waals surface area contributed by atoms with Crippen LogP contribution >= 0.6 is 11.8 Å². The minimum atomic E-state index is -0.239. The molecule has 1 amide bonds. The Labute approximate surface area is 118 Å². The van der Waals surface area contributed by atoms with Crippen LogP contribution in [0.3, 0.4) is 0 Å². The summed E-state index contributed by atoms with van der Waals surface area (Å²) in [6.45, 7) is 4.19. The summed E-state index contributed by atoms with van der Waals surface area (Å²) >= 11 is 1.91. The molecule has 1 fully saturated rings. The lowest BCUT2D eigenvalue weighted by Crippen LogP contribution is -2.35. The van der Waals surface area contributed by atoms with Crippen molar-refractivity contribution in [2.45, 2.75) is 43.9 Å². The van der Waals surface area contributed by atoms with Gasteiger partial charge in [-0.3, -0.25) is 4.79 Å². The molecule has 0 aromatic heterocycles. The molecule has 4 heteroatoms. The predicted octanol–water partition coefficient (Wildman–Crippen LogP) is 3.33. The number of carbonyl (C=O) groups excluding carboxylic acids is 1. The van der Waals surface area contributed by atoms with Crippen LogP contribution in [0.25, 0.3) is 0 Å². The van der Waals surface area contributed by atoms with Gasteiger partial charge in [-0.1, -0.05) is 26.0 Å². The molecule has 2 nitrogen and oxygen atoms in total. The van der Waals surface area contributed by atoms with Crippen molar-refractivity contribution < 1.29 is 9.18 Å². The summed E-state index contributed by atoms with van der Waals surface area (Å²) in [5.41, 5.74) is 1.01. The highest BCUT2D eigenvalue weighted by molar-refractivity contribution is 8.00. The van der Waals surface area contributed by atoms with Gasteiger partial charge in [0, 0.05) is 23.5 Å². The molecule has 3 atom stereocenters. The van der Waals surface area contributed by atoms with E-state index in [1.807, 2.05) is 18.7 Å². The van der Waals surface area contributed by atoms with Gasteiger partial charge in [-0.05, 0) is 30.0 Å². The maximum Gasteiger partial charge on any atom is 0.220 e. The second kappa shape index (κ2) is 6.42. The third kappa shape index (κ3) is 4.23. The van der Waals surface area contributed by atoms with Crippen molar-refractivity contribution in [3.8, 4) is 0 Å². The van der Waals surface area contributed by atoms with Gasteiger partial charge < -0.3 is 5.32 Å². The van der Waals surface area contributed by atoms with Crippen molar-refractivity contribution in [2.75, 3.05) is 5.75 Å². The summed E-state index contributed by atoms with van der Waals surface area (Å²) in [6, 6.07) is 6.70. The van der Waals surface area contributed by atoms with Crippen LogP contribution in [0, 0.1) is 5.82 Å². The minimum Gasteiger partial charge on any atom is -0.352 e. The van der Waals surface area contributed by atoms with Crippen LogP contribution in [0.2, 0.25) is 0 Å². The SMILES string of the molecule is CC1CC(NC(=O)CC(C)c2ccc(F)cc2)CS1. The second-order valence-corrected chi connectivity index (χ2v) is 6.77. The average molecular weight is 281 g/mol. The highest BCUT2D eigenvalue weighted by atomic mass is 32.2. The van der Waals surface area contributed by atoms with Gasteiger partial charge in [0.15, 0.2) is 0 Å². The second-order valence-electron chi connectivity index (χ2n) is 5.30. The fourth-order valence-corrected chi connectivity index (χ4v) is 3.54. The number of hydrogen-bond donors (Lipinski definition) is 1. The lowest BCUT2D eigenvalue weighted by Gasteiger charge is -2.15. The van der Waals surface area contributed by atoms with Crippen molar-refractivity contribution in [3.63, 3.8) is 0 Å². The average Bonchev–Trinajstić information content (AvgIpc) is 2.75. The number of amides is 1. The van der Waals surface area contributed by atoms with Gasteiger partial charge in [-0.25, -0.2) is 4.39 Å². The van der Waals surface area contributed by atoms with E-state index in [9.17, 15) is 9.18 Å². The zero-order chi connectivity index (χ0) is 13.8. The third-order valence-electron chi connectivity index (χ3n) is 3.49. The summed E-state index contributed by atoms with van der Waals surface area (Å²) in [6.07, 6.45) is 1.52. The van der Waals surface area contributed by atoms with Gasteiger partial charge in [-0.15, -0.1) is 0 Å². The van der Waals surface area contributed by atoms with Crippen LogP contribution in [-0.4, -0.2) is 23.0 Å². The molecule has 1 saturated heterocycles. The van der Waals surface area contributed by atoms with Crippen LogP contribution in [0.5, 0.6) is 0 Å². The van der Waals surface area contributed by atoms with Crippen molar-refractivity contribution in [2.24, 2.45) is 0 Å². The molecule has 104 valence electrons. The highest BCUT2D eigenvalue weighted by Gasteiger charge is 2.23. The van der Waals surface area contributed by atoms with Crippen LogP contribution in [-0.2, 0) is 4.79 Å². The lowest BCUT2D eigenvalue weighted by atomic mass is 9.97. The zero-order valence-corrected chi connectivity index (χ0v) is 12.2. The summed E-state index contributed by atoms with van der Waals surface area (Å²) in [5.74, 6) is 0.985. The molecule has 1 aliphatic heterocycles. The molecule has 19 heavy (non-hydrogen) atoms. The Morgan fingerprint density at radius 1 is 1.47 bits per heavy atom. The Morgan fingerprint density at radius 3 is 2.74 bits per heavy atom. The number of nitrogens with one attached hydrogen (secondary N) is 1. The molecule has 0 spiro atoms. The summed E-state index contributed by atoms with van der Waals surface area (Å²) in [7, 11) is 0. The molecular weight excluding hydrogens is 261 g/mol. The first-order chi connectivity index (χ1) is 9.04. The number of halogens is 1. The summed E-state index contributed by atoms with van der Waals surface area (Å²) in [5, 5.41) is 3.73. The van der Waals surface area contributed by atoms with Crippen LogP contribution < -0.4 is 5.32 Å². The van der Waals surface area contributed by atoms with Crippen LogP contribution in [0.4, 0.5) is 4.39 Å². The van der Waals surface area contributed by atoms with E-state index >= 15 is 0 Å². The van der Waals surface area contributed by atoms with Crippen molar-refractivity contribution >= 4 is 17.7 Å². The van der Waals surface area contributed by atoms with E-state index in [4.69, 9.17) is 0 Å². The standard InChI is InChI=1S/C15H20FNOS/c1-10(12-3-5-13(16)6-4-12)7-15(18)17-14-8-11(2)19-9-14/h3-6,10-11,14H,7-9H2,1-2H3,(H,17,18). The molecule has 1 aromatic carbocycles. The Bertz CT molecular complexity index is 434. The molecular formula is C15H20FNOS. The quantitative estimate of drug-likeness (QED) is 0.917. The van der Waals surface area contributed by atoms with E-state index in [0.29, 0.717) is 17.7 Å². The topological polar surface area (TPSA) is 29.1 Å². The van der Waals surface area contributed by atoms with E-state index in [1.54, 1.807) is 12.1 Å². The van der Waals surface area contributed by atoms with Gasteiger partial charge in [0.1, 0.15) is 5.82 Å². The van der Waals surface area contributed by atoms with Crippen LogP contribution in [0.15, 0.2) is 24.3 Å². The largest absolute Gasteiger partial charge is 0.352 e. The maximum atomic E-state index is 12.8. The molecule has 0 aliphatic carbocycles. The molecule has 1 heterocycles. The zero-order valence-electron chi connectivity index (χ0n) is 11.4. The fraction of sp³-hybridized carbons (Fsp3) is 0.533. The molecule has 3 unspecified atom stereocenters. The number of rotatable bonds is 4. The molecule has 2 rings (SSSR count). The van der Waals surface area contributed by atoms with Crippen molar-refractivity contribution in [1.29, 1.82) is 0 Å². The first-order valence-corrected chi connectivity index (χ1v) is 7.76. The van der Waals surface area contributed by atoms with E-state index in [2.05, 4.69) is 12.2 Å². The highest BCUT2D eigenvalue weighted by Crippen LogP contribution is 2.26. The minimum absolute atomic E-state index is 0.0940. The summed E-state index contributed by atoms with van der Waals surface area (Å²) < 4.78 is 12.8. The predicted molar refractivity (Wildman–Crippen MR) is 77.9 cm³/mol. The molecule has 0 radical (unpaired) electrons. The molecule has 1 N–H and O–H groups in total. The Kier molecular flexibility index (Phi) is 4.86. The molecule has 0 bridgehead atoms. The molecule has 0 saturated carbocycles. The Morgan fingerprint density at radius 2 is 2.16 bits per heavy atom. The molecule has 1 aromatic rings. The smallest absolute Gasteiger partial charge is 0.220 e. The number of hydrogen-bond acceptors (Lipinski definition) is 2. The van der Waals surface area contributed by atoms with Gasteiger partial charge in [0.25, 0.3) is 0 Å². The maximum absolute atomic E-state index is 12.8. The Hall–Kier alpha value is -1.03. The van der Waals surface area contributed by atoms with E-state index < -0.39 is 0 Å². The van der Waals surface area contributed by atoms with Gasteiger partial charge in [0.2, 0.25) is 5.91 Å². The van der Waals surface area contributed by atoms with Crippen molar-refractivity contribution in [1.82, 2.24) is 5.32 Å². The van der Waals surface area contributed by atoms with E-state index in [-0.39, 0.29) is 17.6 Å². The monoisotopic (exact) mass is 281 g/mol. The van der Waals surface area contributed by atoms with E-state index in [0.717, 1.165) is 17.7 Å². The lowest BCUT2D eigenvalue weighted by molar-refractivity contribution is -0.121. The van der Waals surface area contributed by atoms with E-state index in [1.165, 1.54) is 12.1 Å². The number of benzene rings is 1. The first kappa shape index (κ1) is 14.4. The first-order valence-electron chi connectivity index (χ1n) is 6.71. The fourth-order valence-electron chi connectivity index (χ4n) is 2.39. The normalized spacial score (nSPS) is 24.2. The molecule has 1 aliphatic rings. The Balaban J connectivity index is 1.83.